The highest BCUT2D eigenvalue weighted by molar-refractivity contribution is 5.70. The van der Waals surface area contributed by atoms with E-state index in [0.717, 1.165) is 32.1 Å². The SMILES string of the molecule is CCCCCCCCCCCCCCCCCCCCCCCCCCCCCCCCCCCCCCCCCC(=O)OC(CO)COC(=O)CCCCCCCCCCCCCCCCCCCCCCCCCCCCCCCCC. The molecule has 0 bridgehead atoms. The summed E-state index contributed by atoms with van der Waals surface area (Å²) in [5.41, 5.74) is 0. The molecule has 0 radical (unpaired) electrons. The van der Waals surface area contributed by atoms with Gasteiger partial charge in [0.15, 0.2) is 6.10 Å². The quantitative estimate of drug-likeness (QED) is 0.0485. The molecular formula is C79H156O5. The average Bonchev–Trinajstić information content (AvgIpc) is 3.51. The van der Waals surface area contributed by atoms with Crippen LogP contribution in [0.4, 0.5) is 0 Å². The number of ether oxygens (including phenoxy) is 2. The van der Waals surface area contributed by atoms with Crippen LogP contribution in [0.15, 0.2) is 0 Å². The zero-order valence-corrected chi connectivity index (χ0v) is 58.0. The van der Waals surface area contributed by atoms with E-state index in [4.69, 9.17) is 9.47 Å². The van der Waals surface area contributed by atoms with Crippen LogP contribution in [0.3, 0.4) is 0 Å². The molecule has 0 amide bonds. The molecule has 5 nitrogen and oxygen atoms in total. The number of hydrogen-bond donors (Lipinski definition) is 1. The summed E-state index contributed by atoms with van der Waals surface area (Å²) >= 11 is 0. The Morgan fingerprint density at radius 3 is 0.524 bits per heavy atom. The predicted molar refractivity (Wildman–Crippen MR) is 372 cm³/mol. The standard InChI is InChI=1S/C79H156O5/c1-3-5-7-9-11-13-15-17-19-21-23-25-27-29-31-33-35-36-37-38-39-40-41-42-44-46-48-50-52-54-56-58-60-62-64-66-68-70-72-74-79(82)84-77(75-80)76-83-78(81)73-71-69-67-65-63-61-59-57-55-53-51-49-47-45-43-34-32-30-28-26-24-22-20-18-16-14-12-10-8-6-4-2/h77,80H,3-76H2,1-2H3. The summed E-state index contributed by atoms with van der Waals surface area (Å²) in [4.78, 5) is 24.7. The maximum absolute atomic E-state index is 12.4. The first kappa shape index (κ1) is 82.9. The molecule has 0 aliphatic carbocycles. The molecule has 1 unspecified atom stereocenters. The van der Waals surface area contributed by atoms with Gasteiger partial charge >= 0.3 is 11.9 Å². The number of esters is 2. The normalized spacial score (nSPS) is 12.0. The largest absolute Gasteiger partial charge is 0.462 e. The molecule has 0 rings (SSSR count). The van der Waals surface area contributed by atoms with Crippen molar-refractivity contribution < 1.29 is 24.2 Å². The molecule has 0 fully saturated rings. The van der Waals surface area contributed by atoms with E-state index in [9.17, 15) is 14.7 Å². The van der Waals surface area contributed by atoms with E-state index in [2.05, 4.69) is 13.8 Å². The maximum Gasteiger partial charge on any atom is 0.306 e. The van der Waals surface area contributed by atoms with Crippen molar-refractivity contribution in [2.24, 2.45) is 0 Å². The van der Waals surface area contributed by atoms with Crippen molar-refractivity contribution in [2.45, 2.75) is 482 Å². The summed E-state index contributed by atoms with van der Waals surface area (Å²) < 4.78 is 10.8. The van der Waals surface area contributed by atoms with Crippen LogP contribution >= 0.6 is 0 Å². The fourth-order valence-corrected chi connectivity index (χ4v) is 13.0. The Morgan fingerprint density at radius 2 is 0.369 bits per heavy atom. The van der Waals surface area contributed by atoms with Gasteiger partial charge in [-0.2, -0.15) is 0 Å². The van der Waals surface area contributed by atoms with Gasteiger partial charge < -0.3 is 14.6 Å². The van der Waals surface area contributed by atoms with Crippen LogP contribution in [0.5, 0.6) is 0 Å². The number of aliphatic hydroxyl groups excluding tert-OH is 1. The molecule has 0 aliphatic heterocycles. The molecule has 84 heavy (non-hydrogen) atoms. The number of carbonyl (C=O) groups excluding carboxylic acids is 2. The first-order valence-corrected chi connectivity index (χ1v) is 39.6. The van der Waals surface area contributed by atoms with Gasteiger partial charge in [-0.05, 0) is 12.8 Å². The van der Waals surface area contributed by atoms with Gasteiger partial charge in [0.05, 0.1) is 6.61 Å². The second kappa shape index (κ2) is 76.1. The third-order valence-electron chi connectivity index (χ3n) is 18.9. The van der Waals surface area contributed by atoms with Gasteiger partial charge in [-0.3, -0.25) is 9.59 Å². The van der Waals surface area contributed by atoms with Gasteiger partial charge in [0.1, 0.15) is 6.61 Å². The van der Waals surface area contributed by atoms with Crippen molar-refractivity contribution in [3.63, 3.8) is 0 Å². The Morgan fingerprint density at radius 1 is 0.226 bits per heavy atom. The predicted octanol–water partition coefficient (Wildman–Crippen LogP) is 27.6. The molecule has 0 saturated heterocycles. The summed E-state index contributed by atoms with van der Waals surface area (Å²) in [5.74, 6) is -0.556. The van der Waals surface area contributed by atoms with Crippen LogP contribution in [0.1, 0.15) is 476 Å². The summed E-state index contributed by atoms with van der Waals surface area (Å²) in [6, 6.07) is 0. The number of hydrogen-bond acceptors (Lipinski definition) is 5. The van der Waals surface area contributed by atoms with E-state index in [1.54, 1.807) is 0 Å². The second-order valence-corrected chi connectivity index (χ2v) is 27.5. The molecule has 0 aromatic carbocycles. The minimum Gasteiger partial charge on any atom is -0.462 e. The Bertz CT molecular complexity index is 1200. The highest BCUT2D eigenvalue weighted by Gasteiger charge is 2.16. The van der Waals surface area contributed by atoms with Gasteiger partial charge in [-0.15, -0.1) is 0 Å². The first-order chi connectivity index (χ1) is 41.6. The van der Waals surface area contributed by atoms with Crippen LogP contribution in [0.2, 0.25) is 0 Å². The van der Waals surface area contributed by atoms with Gasteiger partial charge in [0.25, 0.3) is 0 Å². The van der Waals surface area contributed by atoms with Crippen LogP contribution in [0.25, 0.3) is 0 Å². The van der Waals surface area contributed by atoms with Crippen molar-refractivity contribution >= 4 is 11.9 Å². The molecule has 0 heterocycles. The third-order valence-corrected chi connectivity index (χ3v) is 18.9. The molecule has 1 N–H and O–H groups in total. The molecule has 1 atom stereocenters. The van der Waals surface area contributed by atoms with E-state index in [1.165, 1.54) is 417 Å². The topological polar surface area (TPSA) is 72.8 Å². The highest BCUT2D eigenvalue weighted by Crippen LogP contribution is 2.21. The zero-order chi connectivity index (χ0) is 60.5. The molecule has 502 valence electrons. The molecule has 0 aromatic heterocycles. The summed E-state index contributed by atoms with van der Waals surface area (Å²) in [6.07, 6.45) is 97.8. The van der Waals surface area contributed by atoms with E-state index >= 15 is 0 Å². The average molecular weight is 1190 g/mol. The molecule has 0 aliphatic rings. The molecule has 5 heteroatoms. The highest BCUT2D eigenvalue weighted by atomic mass is 16.6. The lowest BCUT2D eigenvalue weighted by Crippen LogP contribution is -2.28. The van der Waals surface area contributed by atoms with Gasteiger partial charge in [0.2, 0.25) is 0 Å². The van der Waals surface area contributed by atoms with E-state index < -0.39 is 6.10 Å². The van der Waals surface area contributed by atoms with Crippen LogP contribution in [0, 0.1) is 0 Å². The zero-order valence-electron chi connectivity index (χ0n) is 58.0. The Hall–Kier alpha value is -1.10. The fraction of sp³-hybridized carbons (Fsp3) is 0.975. The second-order valence-electron chi connectivity index (χ2n) is 27.5. The van der Waals surface area contributed by atoms with Gasteiger partial charge in [-0.25, -0.2) is 0 Å². The molecule has 0 spiro atoms. The van der Waals surface area contributed by atoms with Gasteiger partial charge in [-0.1, -0.05) is 450 Å². The minimum atomic E-state index is -0.766. The Kier molecular flexibility index (Phi) is 75.2. The molecular weight excluding hydrogens is 1030 g/mol. The number of unbranched alkanes of at least 4 members (excludes halogenated alkanes) is 68. The number of rotatable bonds is 76. The van der Waals surface area contributed by atoms with Gasteiger partial charge in [0, 0.05) is 12.8 Å². The summed E-state index contributed by atoms with van der Waals surface area (Å²) in [7, 11) is 0. The molecule has 0 aromatic rings. The monoisotopic (exact) mass is 1190 g/mol. The summed E-state index contributed by atoms with van der Waals surface area (Å²) in [6.45, 7) is 4.23. The van der Waals surface area contributed by atoms with E-state index in [-0.39, 0.29) is 25.2 Å². The van der Waals surface area contributed by atoms with Crippen molar-refractivity contribution in [3.05, 3.63) is 0 Å². The fourth-order valence-electron chi connectivity index (χ4n) is 13.0. The van der Waals surface area contributed by atoms with Crippen LogP contribution in [-0.4, -0.2) is 36.4 Å². The Balaban J connectivity index is 3.32. The van der Waals surface area contributed by atoms with Crippen LogP contribution < -0.4 is 0 Å². The van der Waals surface area contributed by atoms with Crippen molar-refractivity contribution in [3.8, 4) is 0 Å². The number of aliphatic hydroxyl groups is 1. The lowest BCUT2D eigenvalue weighted by Gasteiger charge is -2.15. The Labute approximate surface area is 529 Å². The van der Waals surface area contributed by atoms with Crippen molar-refractivity contribution in [2.75, 3.05) is 13.2 Å². The smallest absolute Gasteiger partial charge is 0.306 e. The van der Waals surface area contributed by atoms with Crippen LogP contribution in [-0.2, 0) is 19.1 Å². The molecule has 0 saturated carbocycles. The maximum atomic E-state index is 12.4. The lowest BCUT2D eigenvalue weighted by atomic mass is 10.0. The first-order valence-electron chi connectivity index (χ1n) is 39.6. The summed E-state index contributed by atoms with van der Waals surface area (Å²) in [5, 5.41) is 9.72. The third kappa shape index (κ3) is 73.4. The van der Waals surface area contributed by atoms with E-state index in [1.807, 2.05) is 0 Å². The van der Waals surface area contributed by atoms with E-state index in [0.29, 0.717) is 12.8 Å². The number of carbonyl (C=O) groups is 2. The van der Waals surface area contributed by atoms with Crippen molar-refractivity contribution in [1.82, 2.24) is 0 Å². The lowest BCUT2D eigenvalue weighted by molar-refractivity contribution is -0.161. The minimum absolute atomic E-state index is 0.0551. The van der Waals surface area contributed by atoms with Crippen molar-refractivity contribution in [1.29, 1.82) is 0 Å².